The summed E-state index contributed by atoms with van der Waals surface area (Å²) in [6.07, 6.45) is 13.9. The molecule has 0 aliphatic heterocycles. The van der Waals surface area contributed by atoms with E-state index in [2.05, 4.69) is 46.8 Å². The monoisotopic (exact) mass is 262 g/mol. The van der Waals surface area contributed by atoms with Gasteiger partial charge in [-0.25, -0.2) is 0 Å². The second-order valence-electron chi connectivity index (χ2n) is 7.98. The molecular formula is C19H34. The van der Waals surface area contributed by atoms with Crippen LogP contribution in [0.15, 0.2) is 12.2 Å². The van der Waals surface area contributed by atoms with E-state index < -0.39 is 0 Å². The number of hydrogen-bond donors (Lipinski definition) is 0. The Morgan fingerprint density at radius 2 is 1.68 bits per heavy atom. The number of hydrogen-bond acceptors (Lipinski definition) is 0. The Balaban J connectivity index is 2.01. The van der Waals surface area contributed by atoms with Gasteiger partial charge in [-0.2, -0.15) is 0 Å². The molecule has 2 aliphatic carbocycles. The molecule has 0 saturated heterocycles. The maximum Gasteiger partial charge on any atom is -0.0228 e. The van der Waals surface area contributed by atoms with Crippen molar-refractivity contribution in [2.24, 2.45) is 35.0 Å². The average Bonchev–Trinajstić information content (AvgIpc) is 2.72. The lowest BCUT2D eigenvalue weighted by Crippen LogP contribution is -2.34. The number of fused-ring (bicyclic) bond motifs is 1. The summed E-state index contributed by atoms with van der Waals surface area (Å²) >= 11 is 0. The predicted molar refractivity (Wildman–Crippen MR) is 85.1 cm³/mol. The van der Waals surface area contributed by atoms with Gasteiger partial charge in [-0.15, -0.1) is 0 Å². The zero-order valence-corrected chi connectivity index (χ0v) is 13.8. The summed E-state index contributed by atoms with van der Waals surface area (Å²) in [7, 11) is 0. The van der Waals surface area contributed by atoms with Gasteiger partial charge in [-0.3, -0.25) is 0 Å². The van der Waals surface area contributed by atoms with E-state index in [9.17, 15) is 0 Å². The standard InChI is InChI=1S/C19H34/c1-14(2)15(3)9-10-16(4)18-12-11-17-8-6-7-13-19(17,18)5/h9-10,14-18H,6-8,11-13H2,1-5H3/b10-9+/t15-,16+,17?,18+,19-/m0/s1. The van der Waals surface area contributed by atoms with Gasteiger partial charge in [0, 0.05) is 0 Å². The fraction of sp³-hybridized carbons (Fsp3) is 0.895. The van der Waals surface area contributed by atoms with Crippen LogP contribution in [-0.4, -0.2) is 0 Å². The maximum absolute atomic E-state index is 2.60. The van der Waals surface area contributed by atoms with Gasteiger partial charge in [-0.1, -0.05) is 59.6 Å². The van der Waals surface area contributed by atoms with Crippen molar-refractivity contribution in [2.75, 3.05) is 0 Å². The van der Waals surface area contributed by atoms with Crippen molar-refractivity contribution < 1.29 is 0 Å². The molecule has 2 aliphatic rings. The van der Waals surface area contributed by atoms with Crippen LogP contribution in [0.2, 0.25) is 0 Å². The third kappa shape index (κ3) is 3.09. The van der Waals surface area contributed by atoms with Crippen LogP contribution < -0.4 is 0 Å². The van der Waals surface area contributed by atoms with E-state index in [0.29, 0.717) is 5.41 Å². The molecule has 2 fully saturated rings. The summed E-state index contributed by atoms with van der Waals surface area (Å²) in [5, 5.41) is 0. The highest BCUT2D eigenvalue weighted by molar-refractivity contribution is 5.03. The Bertz CT molecular complexity index is 314. The normalized spacial score (nSPS) is 38.6. The van der Waals surface area contributed by atoms with Gasteiger partial charge in [0.05, 0.1) is 0 Å². The summed E-state index contributed by atoms with van der Waals surface area (Å²) in [5.41, 5.74) is 0.656. The van der Waals surface area contributed by atoms with Crippen LogP contribution >= 0.6 is 0 Å². The van der Waals surface area contributed by atoms with Gasteiger partial charge in [0.15, 0.2) is 0 Å². The minimum atomic E-state index is 0.656. The van der Waals surface area contributed by atoms with E-state index in [4.69, 9.17) is 0 Å². The summed E-state index contributed by atoms with van der Waals surface area (Å²) in [6, 6.07) is 0. The lowest BCUT2D eigenvalue weighted by molar-refractivity contribution is 0.0809. The molecule has 0 spiro atoms. The van der Waals surface area contributed by atoms with Crippen molar-refractivity contribution in [3.05, 3.63) is 12.2 Å². The first-order valence-electron chi connectivity index (χ1n) is 8.63. The highest BCUT2D eigenvalue weighted by Gasteiger charge is 2.48. The van der Waals surface area contributed by atoms with Crippen LogP contribution in [0.1, 0.15) is 73.1 Å². The van der Waals surface area contributed by atoms with E-state index in [-0.39, 0.29) is 0 Å². The van der Waals surface area contributed by atoms with Crippen LogP contribution in [0, 0.1) is 35.0 Å². The molecule has 0 heterocycles. The molecule has 0 aromatic heterocycles. The number of rotatable bonds is 4. The SMILES string of the molecule is CC(C)[C@@H](C)/C=C/[C@@H](C)[C@H]1CCC2CCCC[C@@]21C. The van der Waals surface area contributed by atoms with E-state index in [1.165, 1.54) is 38.5 Å². The molecule has 0 aromatic carbocycles. The molecule has 0 bridgehead atoms. The van der Waals surface area contributed by atoms with Crippen molar-refractivity contribution in [2.45, 2.75) is 73.1 Å². The molecule has 0 radical (unpaired) electrons. The minimum absolute atomic E-state index is 0.656. The average molecular weight is 262 g/mol. The first kappa shape index (κ1) is 15.1. The number of allylic oxidation sites excluding steroid dienone is 2. The van der Waals surface area contributed by atoms with Crippen LogP contribution in [-0.2, 0) is 0 Å². The van der Waals surface area contributed by atoms with Crippen LogP contribution in [0.5, 0.6) is 0 Å². The molecule has 0 aromatic rings. The molecule has 0 amide bonds. The highest BCUT2D eigenvalue weighted by atomic mass is 14.5. The lowest BCUT2D eigenvalue weighted by Gasteiger charge is -2.42. The molecular weight excluding hydrogens is 228 g/mol. The highest BCUT2D eigenvalue weighted by Crippen LogP contribution is 2.57. The van der Waals surface area contributed by atoms with Crippen molar-refractivity contribution in [3.63, 3.8) is 0 Å². The van der Waals surface area contributed by atoms with Gasteiger partial charge in [-0.05, 0) is 60.7 Å². The molecule has 0 N–H and O–H groups in total. The lowest BCUT2D eigenvalue weighted by atomic mass is 9.63. The van der Waals surface area contributed by atoms with Crippen molar-refractivity contribution in [1.29, 1.82) is 0 Å². The topological polar surface area (TPSA) is 0 Å². The molecule has 1 unspecified atom stereocenters. The molecule has 2 rings (SSSR count). The van der Waals surface area contributed by atoms with Crippen LogP contribution in [0.25, 0.3) is 0 Å². The third-order valence-corrected chi connectivity index (χ3v) is 6.53. The van der Waals surface area contributed by atoms with Gasteiger partial charge in [0.25, 0.3) is 0 Å². The Morgan fingerprint density at radius 1 is 0.947 bits per heavy atom. The summed E-state index contributed by atoms with van der Waals surface area (Å²) < 4.78 is 0. The van der Waals surface area contributed by atoms with Gasteiger partial charge in [0.1, 0.15) is 0 Å². The second-order valence-corrected chi connectivity index (χ2v) is 7.98. The molecule has 0 heteroatoms. The fourth-order valence-electron chi connectivity index (χ4n) is 4.67. The van der Waals surface area contributed by atoms with Crippen LogP contribution in [0.4, 0.5) is 0 Å². The zero-order valence-electron chi connectivity index (χ0n) is 13.8. The van der Waals surface area contributed by atoms with Crippen molar-refractivity contribution in [3.8, 4) is 0 Å². The maximum atomic E-state index is 2.60. The second kappa shape index (κ2) is 6.02. The first-order valence-corrected chi connectivity index (χ1v) is 8.63. The van der Waals surface area contributed by atoms with Gasteiger partial charge >= 0.3 is 0 Å². The Labute approximate surface area is 121 Å². The van der Waals surface area contributed by atoms with Gasteiger partial charge in [0.2, 0.25) is 0 Å². The third-order valence-electron chi connectivity index (χ3n) is 6.53. The Morgan fingerprint density at radius 3 is 2.37 bits per heavy atom. The van der Waals surface area contributed by atoms with E-state index in [0.717, 1.165) is 29.6 Å². The van der Waals surface area contributed by atoms with E-state index in [1.54, 1.807) is 0 Å². The summed E-state index contributed by atoms with van der Waals surface area (Å²) in [5.74, 6) is 4.23. The quantitative estimate of drug-likeness (QED) is 0.539. The predicted octanol–water partition coefficient (Wildman–Crippen LogP) is 6.08. The molecule has 19 heavy (non-hydrogen) atoms. The van der Waals surface area contributed by atoms with Gasteiger partial charge < -0.3 is 0 Å². The molecule has 5 atom stereocenters. The molecule has 110 valence electrons. The zero-order chi connectivity index (χ0) is 14.0. The van der Waals surface area contributed by atoms with E-state index >= 15 is 0 Å². The molecule has 0 nitrogen and oxygen atoms in total. The van der Waals surface area contributed by atoms with E-state index in [1.807, 2.05) is 0 Å². The van der Waals surface area contributed by atoms with Crippen molar-refractivity contribution in [1.82, 2.24) is 0 Å². The minimum Gasteiger partial charge on any atom is -0.0852 e. The fourth-order valence-corrected chi connectivity index (χ4v) is 4.67. The smallest absolute Gasteiger partial charge is 0.0228 e. The Kier molecular flexibility index (Phi) is 4.79. The molecule has 2 saturated carbocycles. The largest absolute Gasteiger partial charge is 0.0852 e. The van der Waals surface area contributed by atoms with Crippen LogP contribution in [0.3, 0.4) is 0 Å². The first-order chi connectivity index (χ1) is 8.95. The summed E-state index contributed by atoms with van der Waals surface area (Å²) in [4.78, 5) is 0. The summed E-state index contributed by atoms with van der Waals surface area (Å²) in [6.45, 7) is 12.1. The van der Waals surface area contributed by atoms with Crippen molar-refractivity contribution >= 4 is 0 Å². The Hall–Kier alpha value is -0.260.